The van der Waals surface area contributed by atoms with Gasteiger partial charge >= 0.3 is 0 Å². The average Bonchev–Trinajstić information content (AvgIpc) is 2.55. The normalized spacial score (nSPS) is 19.0. The van der Waals surface area contributed by atoms with Crippen molar-refractivity contribution in [2.45, 2.75) is 50.2 Å². The van der Waals surface area contributed by atoms with Gasteiger partial charge < -0.3 is 19.7 Å². The molecule has 1 atom stereocenters. The summed E-state index contributed by atoms with van der Waals surface area (Å²) in [6, 6.07) is 7.34. The van der Waals surface area contributed by atoms with E-state index in [0.717, 1.165) is 49.2 Å². The second-order valence-electron chi connectivity index (χ2n) is 6.04. The largest absolute Gasteiger partial charge is 0.508 e. The third-order valence-corrected chi connectivity index (χ3v) is 5.04. The van der Waals surface area contributed by atoms with E-state index in [2.05, 4.69) is 5.32 Å². The molecule has 1 fully saturated rings. The molecule has 3 N–H and O–H groups in total. The number of rotatable bonds is 8. The van der Waals surface area contributed by atoms with Crippen molar-refractivity contribution in [1.29, 1.82) is 0 Å². The summed E-state index contributed by atoms with van der Waals surface area (Å²) in [5.41, 5.74) is 1.05. The van der Waals surface area contributed by atoms with Crippen LogP contribution in [0.4, 0.5) is 0 Å². The lowest BCUT2D eigenvalue weighted by Crippen LogP contribution is -2.52. The molecular formula is C17H27NO3S. The van der Waals surface area contributed by atoms with Gasteiger partial charge in [-0.2, -0.15) is 0 Å². The van der Waals surface area contributed by atoms with E-state index in [1.54, 1.807) is 19.2 Å². The minimum Gasteiger partial charge on any atom is -0.508 e. The van der Waals surface area contributed by atoms with Crippen LogP contribution in [0.5, 0.6) is 5.75 Å². The number of phenolic OH excluding ortho intramolecular Hbond substituents is 1. The Balaban J connectivity index is 2.15. The molecule has 5 heteroatoms. The summed E-state index contributed by atoms with van der Waals surface area (Å²) in [5, 5.41) is 13.2. The first-order valence-electron chi connectivity index (χ1n) is 8.05. The molecule has 1 aliphatic rings. The highest BCUT2D eigenvalue weighted by Crippen LogP contribution is 2.40. The first kappa shape index (κ1) is 17.6. The number of hydrogen-bond acceptors (Lipinski definition) is 5. The number of benzene rings is 1. The van der Waals surface area contributed by atoms with Gasteiger partial charge in [-0.1, -0.05) is 31.4 Å². The minimum atomic E-state index is -0.0515. The Hall–Kier alpha value is -0.750. The summed E-state index contributed by atoms with van der Waals surface area (Å²) >= 11 is 0.900. The Morgan fingerprint density at radius 1 is 1.23 bits per heavy atom. The maximum atomic E-state index is 9.50. The monoisotopic (exact) mass is 325 g/mol. The van der Waals surface area contributed by atoms with E-state index in [1.807, 2.05) is 12.1 Å². The SMILES string of the molecule is COC(c1ccc(O)cc1)C1(NCCCSO)CCCCC1. The third-order valence-electron chi connectivity index (χ3n) is 4.57. The summed E-state index contributed by atoms with van der Waals surface area (Å²) in [6.45, 7) is 0.880. The lowest BCUT2D eigenvalue weighted by Gasteiger charge is -2.44. The molecule has 22 heavy (non-hydrogen) atoms. The number of phenols is 1. The quantitative estimate of drug-likeness (QED) is 0.499. The van der Waals surface area contributed by atoms with E-state index in [4.69, 9.17) is 9.29 Å². The van der Waals surface area contributed by atoms with Crippen LogP contribution in [-0.4, -0.2) is 34.6 Å². The number of ether oxygens (including phenoxy) is 1. The van der Waals surface area contributed by atoms with Gasteiger partial charge in [0.1, 0.15) is 11.9 Å². The summed E-state index contributed by atoms with van der Waals surface area (Å²) in [7, 11) is 1.76. The van der Waals surface area contributed by atoms with Gasteiger partial charge in [0.2, 0.25) is 0 Å². The van der Waals surface area contributed by atoms with Crippen LogP contribution in [0.25, 0.3) is 0 Å². The molecule has 0 bridgehead atoms. The number of hydrogen-bond donors (Lipinski definition) is 3. The number of aromatic hydroxyl groups is 1. The topological polar surface area (TPSA) is 61.7 Å². The molecule has 0 heterocycles. The molecule has 0 spiro atoms. The Kier molecular flexibility index (Phi) is 7.02. The fourth-order valence-electron chi connectivity index (χ4n) is 3.52. The van der Waals surface area contributed by atoms with Gasteiger partial charge in [0.05, 0.1) is 0 Å². The van der Waals surface area contributed by atoms with Crippen molar-refractivity contribution >= 4 is 12.0 Å². The molecule has 1 unspecified atom stereocenters. The summed E-state index contributed by atoms with van der Waals surface area (Å²) in [6.07, 6.45) is 6.81. The molecule has 1 aromatic rings. The summed E-state index contributed by atoms with van der Waals surface area (Å²) in [4.78, 5) is 0. The van der Waals surface area contributed by atoms with E-state index in [-0.39, 0.29) is 17.4 Å². The number of methoxy groups -OCH3 is 1. The van der Waals surface area contributed by atoms with Crippen molar-refractivity contribution < 1.29 is 14.4 Å². The van der Waals surface area contributed by atoms with E-state index < -0.39 is 0 Å². The molecule has 4 nitrogen and oxygen atoms in total. The van der Waals surface area contributed by atoms with E-state index in [0.29, 0.717) is 0 Å². The zero-order valence-electron chi connectivity index (χ0n) is 13.3. The standard InChI is InChI=1S/C17H27NO3S/c1-21-16(14-6-8-15(19)9-7-14)17(10-3-2-4-11-17)18-12-5-13-22-20/h6-9,16,18-20H,2-5,10-13H2,1H3. The van der Waals surface area contributed by atoms with Gasteiger partial charge in [-0.3, -0.25) is 0 Å². The average molecular weight is 325 g/mol. The lowest BCUT2D eigenvalue weighted by atomic mass is 9.75. The first-order chi connectivity index (χ1) is 10.7. The molecule has 0 aliphatic heterocycles. The van der Waals surface area contributed by atoms with Gasteiger partial charge in [-0.05, 0) is 55.5 Å². The highest BCUT2D eigenvalue weighted by Gasteiger charge is 2.40. The van der Waals surface area contributed by atoms with E-state index in [9.17, 15) is 5.11 Å². The van der Waals surface area contributed by atoms with Crippen LogP contribution in [0.2, 0.25) is 0 Å². The van der Waals surface area contributed by atoms with Gasteiger partial charge in [0, 0.05) is 18.4 Å². The Morgan fingerprint density at radius 2 is 1.91 bits per heavy atom. The van der Waals surface area contributed by atoms with Crippen LogP contribution >= 0.6 is 12.0 Å². The molecule has 1 aliphatic carbocycles. The van der Waals surface area contributed by atoms with Crippen molar-refractivity contribution in [1.82, 2.24) is 5.32 Å². The van der Waals surface area contributed by atoms with Gasteiger partial charge in [0.25, 0.3) is 0 Å². The van der Waals surface area contributed by atoms with E-state index in [1.165, 1.54) is 19.3 Å². The lowest BCUT2D eigenvalue weighted by molar-refractivity contribution is -0.00459. The fourth-order valence-corrected chi connectivity index (χ4v) is 3.79. The predicted octanol–water partition coefficient (Wildman–Crippen LogP) is 3.97. The van der Waals surface area contributed by atoms with Crippen molar-refractivity contribution in [2.24, 2.45) is 0 Å². The van der Waals surface area contributed by atoms with Crippen LogP contribution in [0.1, 0.15) is 50.2 Å². The van der Waals surface area contributed by atoms with E-state index >= 15 is 0 Å². The predicted molar refractivity (Wildman–Crippen MR) is 91.4 cm³/mol. The van der Waals surface area contributed by atoms with Crippen LogP contribution in [0, 0.1) is 0 Å². The minimum absolute atomic E-state index is 0.0184. The summed E-state index contributed by atoms with van der Waals surface area (Å²) < 4.78 is 14.7. The highest BCUT2D eigenvalue weighted by atomic mass is 32.2. The van der Waals surface area contributed by atoms with Crippen molar-refractivity contribution in [2.75, 3.05) is 19.4 Å². The number of nitrogens with one attached hydrogen (secondary N) is 1. The second-order valence-corrected chi connectivity index (χ2v) is 6.70. The Bertz CT molecular complexity index is 432. The van der Waals surface area contributed by atoms with Gasteiger partial charge in [-0.25, -0.2) is 0 Å². The van der Waals surface area contributed by atoms with Crippen molar-refractivity contribution in [3.05, 3.63) is 29.8 Å². The first-order valence-corrected chi connectivity index (χ1v) is 8.99. The van der Waals surface area contributed by atoms with Crippen molar-refractivity contribution in [3.63, 3.8) is 0 Å². The molecule has 1 aromatic carbocycles. The van der Waals surface area contributed by atoms with Crippen LogP contribution < -0.4 is 5.32 Å². The molecule has 2 rings (SSSR count). The van der Waals surface area contributed by atoms with Gasteiger partial charge in [-0.15, -0.1) is 0 Å². The molecule has 0 saturated heterocycles. The van der Waals surface area contributed by atoms with Crippen LogP contribution in [-0.2, 0) is 4.74 Å². The Morgan fingerprint density at radius 3 is 2.50 bits per heavy atom. The molecule has 0 amide bonds. The zero-order valence-corrected chi connectivity index (χ0v) is 14.1. The van der Waals surface area contributed by atoms with Crippen LogP contribution in [0.3, 0.4) is 0 Å². The molecular weight excluding hydrogens is 298 g/mol. The molecule has 1 saturated carbocycles. The third kappa shape index (κ3) is 4.38. The highest BCUT2D eigenvalue weighted by molar-refractivity contribution is 7.93. The molecule has 124 valence electrons. The maximum Gasteiger partial charge on any atom is 0.115 e. The smallest absolute Gasteiger partial charge is 0.115 e. The second kappa shape index (κ2) is 8.77. The zero-order chi connectivity index (χ0) is 15.8. The van der Waals surface area contributed by atoms with Gasteiger partial charge in [0.15, 0.2) is 0 Å². The molecule has 0 aromatic heterocycles. The van der Waals surface area contributed by atoms with Crippen LogP contribution in [0.15, 0.2) is 24.3 Å². The molecule has 0 radical (unpaired) electrons. The fraction of sp³-hybridized carbons (Fsp3) is 0.647. The van der Waals surface area contributed by atoms with Crippen molar-refractivity contribution in [3.8, 4) is 5.75 Å². The maximum absolute atomic E-state index is 9.50. The Labute approximate surface area is 137 Å². The summed E-state index contributed by atoms with van der Waals surface area (Å²) in [5.74, 6) is 1.03.